The summed E-state index contributed by atoms with van der Waals surface area (Å²) in [6.07, 6.45) is -1.34. The van der Waals surface area contributed by atoms with E-state index in [2.05, 4.69) is 31.9 Å². The van der Waals surface area contributed by atoms with Crippen LogP contribution in [0.3, 0.4) is 0 Å². The number of alkyl carbamates (subject to hydrolysis) is 1. The van der Waals surface area contributed by atoms with Crippen LogP contribution in [0.25, 0.3) is 0 Å². The molecular weight excluding hydrogens is 1400 g/mol. The van der Waals surface area contributed by atoms with Crippen molar-refractivity contribution in [3.05, 3.63) is 96.1 Å². The molecule has 0 aromatic heterocycles. The molecule has 0 spiro atoms. The largest absolute Gasteiger partial charge is 0.487 e. The van der Waals surface area contributed by atoms with Crippen LogP contribution < -0.4 is 69.8 Å². The van der Waals surface area contributed by atoms with Gasteiger partial charge in [-0.25, -0.2) is 9.59 Å². The molecule has 2 heterocycles. The van der Waals surface area contributed by atoms with Crippen molar-refractivity contribution in [2.24, 2.45) is 0 Å². The third-order valence-electron chi connectivity index (χ3n) is 16.0. The maximum atomic E-state index is 15.0. The van der Waals surface area contributed by atoms with Crippen molar-refractivity contribution in [3.63, 3.8) is 0 Å². The first kappa shape index (κ1) is 87.0. The Labute approximate surface area is 626 Å². The lowest BCUT2D eigenvalue weighted by Gasteiger charge is -2.36. The van der Waals surface area contributed by atoms with Gasteiger partial charge in [0.1, 0.15) is 92.7 Å². The molecule has 0 saturated heterocycles. The van der Waals surface area contributed by atoms with Crippen LogP contribution in [0.2, 0.25) is 0 Å². The number of fused-ring (bicyclic) bond motifs is 4. The van der Waals surface area contributed by atoms with E-state index in [1.54, 1.807) is 57.2 Å². The van der Waals surface area contributed by atoms with Gasteiger partial charge in [-0.3, -0.25) is 24.0 Å². The average molecular weight is 1510 g/mol. The predicted molar refractivity (Wildman–Crippen MR) is 390 cm³/mol. The fraction of sp³-hybridized carbons (Fsp3) is 0.592. The van der Waals surface area contributed by atoms with E-state index in [1.165, 1.54) is 62.5 Å². The van der Waals surface area contributed by atoms with Crippen LogP contribution in [0.1, 0.15) is 87.3 Å². The van der Waals surface area contributed by atoms with Crippen LogP contribution in [0, 0.1) is 0 Å². The summed E-state index contributed by atoms with van der Waals surface area (Å²) in [6.45, 7) is 21.9. The van der Waals surface area contributed by atoms with Gasteiger partial charge in [0.15, 0.2) is 46.0 Å². The van der Waals surface area contributed by atoms with Gasteiger partial charge in [0.05, 0.1) is 113 Å². The molecule has 2 aliphatic rings. The van der Waals surface area contributed by atoms with Gasteiger partial charge in [-0.2, -0.15) is 0 Å². The molecular formula is C76H110N6O25. The highest BCUT2D eigenvalue weighted by atomic mass is 16.6. The smallest absolute Gasteiger partial charge is 0.408 e. The molecule has 0 aliphatic carbocycles. The minimum absolute atomic E-state index is 0.0594. The van der Waals surface area contributed by atoms with Crippen molar-refractivity contribution in [2.45, 2.75) is 129 Å². The summed E-state index contributed by atoms with van der Waals surface area (Å²) in [4.78, 5) is 99.1. The second-order valence-electron chi connectivity index (χ2n) is 27.3. The van der Waals surface area contributed by atoms with E-state index in [0.717, 1.165) is 0 Å². The van der Waals surface area contributed by atoms with Gasteiger partial charge in [-0.05, 0) is 136 Å². The predicted octanol–water partition coefficient (Wildman–Crippen LogP) is 5.19. The zero-order chi connectivity index (χ0) is 77.7. The lowest BCUT2D eigenvalue weighted by molar-refractivity contribution is -0.146. The molecule has 31 nitrogen and oxygen atoms in total. The number of methoxy groups -OCH3 is 1. The van der Waals surface area contributed by atoms with Crippen molar-refractivity contribution < 1.29 is 119 Å². The summed E-state index contributed by atoms with van der Waals surface area (Å²) in [5.41, 5.74) is -7.27. The maximum absolute atomic E-state index is 15.0. The lowest BCUT2D eigenvalue weighted by atomic mass is 9.89. The maximum Gasteiger partial charge on any atom is 0.408 e. The number of para-hydroxylation sites is 4. The van der Waals surface area contributed by atoms with Crippen molar-refractivity contribution >= 4 is 41.6 Å². The summed E-state index contributed by atoms with van der Waals surface area (Å²) < 4.78 is 105. The first-order chi connectivity index (χ1) is 51.1. The number of carbonyl (C=O) groups excluding carboxylic acids is 7. The van der Waals surface area contributed by atoms with E-state index >= 15 is 4.79 Å². The average Bonchev–Trinajstić information content (AvgIpc) is 0.800. The number of ether oxygens (including phenoxy) is 18. The normalized spacial score (nSPS) is 17.7. The fourth-order valence-electron chi connectivity index (χ4n) is 10.2. The molecule has 594 valence electrons. The van der Waals surface area contributed by atoms with Crippen molar-refractivity contribution in [2.75, 3.05) is 166 Å². The Bertz CT molecular complexity index is 3440. The Kier molecular flexibility index (Phi) is 36.1. The molecule has 2 aliphatic heterocycles. The molecule has 0 radical (unpaired) electrons. The number of esters is 1. The third kappa shape index (κ3) is 31.0. The Balaban J connectivity index is 1.17. The summed E-state index contributed by atoms with van der Waals surface area (Å²) >= 11 is 0. The minimum atomic E-state index is -1.91. The molecule has 4 atom stereocenters. The number of rotatable bonds is 16. The molecule has 6 rings (SSSR count). The van der Waals surface area contributed by atoms with Crippen LogP contribution in [0.15, 0.2) is 84.9 Å². The van der Waals surface area contributed by atoms with Gasteiger partial charge in [0.2, 0.25) is 29.5 Å². The third-order valence-corrected chi connectivity index (χ3v) is 16.0. The summed E-state index contributed by atoms with van der Waals surface area (Å²) in [5, 5.41) is 16.3. The van der Waals surface area contributed by atoms with Gasteiger partial charge >= 0.3 is 12.1 Å². The Hall–Kier alpha value is -8.95. The number of hydrogen-bond acceptors (Lipinski definition) is 25. The number of benzene rings is 4. The number of hydrogen-bond donors (Lipinski definition) is 6. The lowest BCUT2D eigenvalue weighted by Crippen LogP contribution is -2.67. The summed E-state index contributed by atoms with van der Waals surface area (Å²) in [7, 11) is 1.17. The van der Waals surface area contributed by atoms with E-state index in [1.807, 2.05) is 48.5 Å². The van der Waals surface area contributed by atoms with Gasteiger partial charge in [-0.15, -0.1) is 0 Å². The molecule has 6 amide bonds. The van der Waals surface area contributed by atoms with E-state index in [4.69, 9.17) is 85.3 Å². The Morgan fingerprint density at radius 3 is 0.916 bits per heavy atom. The monoisotopic (exact) mass is 1510 g/mol. The summed E-state index contributed by atoms with van der Waals surface area (Å²) in [6, 6.07) is 22.0. The van der Waals surface area contributed by atoms with Gasteiger partial charge in [-0.1, -0.05) is 36.4 Å². The zero-order valence-corrected chi connectivity index (χ0v) is 63.8. The number of nitrogens with one attached hydrogen (secondary N) is 6. The molecule has 0 bridgehead atoms. The second-order valence-corrected chi connectivity index (χ2v) is 27.3. The van der Waals surface area contributed by atoms with Gasteiger partial charge < -0.3 is 117 Å². The number of carbonyl (C=O) groups is 7. The van der Waals surface area contributed by atoms with Crippen LogP contribution in [-0.2, 0) is 89.0 Å². The van der Waals surface area contributed by atoms with Crippen molar-refractivity contribution in [1.82, 2.24) is 31.9 Å². The Morgan fingerprint density at radius 2 is 0.617 bits per heavy atom. The van der Waals surface area contributed by atoms with Crippen LogP contribution in [-0.4, -0.2) is 247 Å². The van der Waals surface area contributed by atoms with Crippen molar-refractivity contribution in [3.8, 4) is 46.0 Å². The highest BCUT2D eigenvalue weighted by molar-refractivity contribution is 6.00. The molecule has 4 aromatic carbocycles. The highest BCUT2D eigenvalue weighted by Gasteiger charge is 2.44. The SMILES string of the molecule is COC(=O)[C@H](C)NC(=O)[C@](C)(Cc1ccc2c(c1)OCCOCCOCCOc1ccccc1OCCOCCOCCO2)NC(=O)C(C)(C)NC(=O)[C@H](C)NC(=O)[C@](C)(Cc1ccc2c(c1)OCCOCCOCCOc1ccccc1OCCOCCOCCO2)NC(=O)C(C)(C)NC(=O)OC(C)(C)C. The molecule has 0 fully saturated rings. The topological polar surface area (TPSA) is 358 Å². The van der Waals surface area contributed by atoms with Crippen LogP contribution >= 0.6 is 0 Å². The fourth-order valence-corrected chi connectivity index (χ4v) is 10.2. The molecule has 4 aromatic rings. The molecule has 31 heteroatoms. The van der Waals surface area contributed by atoms with E-state index < -0.39 is 81.4 Å². The quantitative estimate of drug-likeness (QED) is 0.0786. The van der Waals surface area contributed by atoms with Crippen molar-refractivity contribution in [1.29, 1.82) is 0 Å². The molecule has 6 N–H and O–H groups in total. The molecule has 0 saturated carbocycles. The van der Waals surface area contributed by atoms with E-state index in [0.29, 0.717) is 85.3 Å². The van der Waals surface area contributed by atoms with Gasteiger partial charge in [0, 0.05) is 12.8 Å². The van der Waals surface area contributed by atoms with Gasteiger partial charge in [0.25, 0.3) is 0 Å². The van der Waals surface area contributed by atoms with E-state index in [-0.39, 0.29) is 143 Å². The van der Waals surface area contributed by atoms with Crippen LogP contribution in [0.5, 0.6) is 46.0 Å². The van der Waals surface area contributed by atoms with E-state index in [9.17, 15) is 28.8 Å². The number of amides is 6. The molecule has 107 heavy (non-hydrogen) atoms. The summed E-state index contributed by atoms with van der Waals surface area (Å²) in [5.74, 6) is -1.39. The Morgan fingerprint density at radius 1 is 0.346 bits per heavy atom. The molecule has 0 unspecified atom stereocenters. The second kappa shape index (κ2) is 44.4. The minimum Gasteiger partial charge on any atom is -0.487 e. The standard InChI is InChI=1S/C76H110N6O25/c1-53(77-69(87)75(10,81-68(86)74(8,9)82-71(89)107-72(3,4)5)51-55-21-23-61-63(49-55)105-47-39-97-31-29-93-35-43-101-59-19-15-13-17-57(59)99-41-33-91-25-27-95-37-45-103-61)65(83)79-73(6,7)67(85)80-76(11,70(88)78-54(2)66(84)90-12)52-56-22-24-62-64(50-56)106-48-40-98-32-30-94-36-44-102-60-20-16-14-18-58(60)100-42-34-92-26-28-96-38-46-104-62/h13-24,49-50,53-54H,25-48,51-52H2,1-12H3,(H,77,87)(H,78,88)(H,79,83)(H,80,85)(H,81,86)(H,82,89)/t53-,54-,75-,76-/m0/s1. The first-order valence-electron chi connectivity index (χ1n) is 35.9. The first-order valence-corrected chi connectivity index (χ1v) is 35.9. The van der Waals surface area contributed by atoms with Crippen LogP contribution in [0.4, 0.5) is 4.79 Å². The highest BCUT2D eigenvalue weighted by Crippen LogP contribution is 2.33. The zero-order valence-electron chi connectivity index (χ0n) is 63.8.